The zero-order chi connectivity index (χ0) is 19.9. The van der Waals surface area contributed by atoms with E-state index in [4.69, 9.17) is 9.47 Å². The van der Waals surface area contributed by atoms with Gasteiger partial charge in [-0.3, -0.25) is 4.79 Å². The van der Waals surface area contributed by atoms with Gasteiger partial charge in [-0.15, -0.1) is 0 Å². The number of methoxy groups -OCH3 is 1. The minimum absolute atomic E-state index is 0.196. The van der Waals surface area contributed by atoms with E-state index in [1.807, 2.05) is 52.0 Å². The van der Waals surface area contributed by atoms with Gasteiger partial charge in [0.05, 0.1) is 28.8 Å². The van der Waals surface area contributed by atoms with Gasteiger partial charge in [0, 0.05) is 6.04 Å². The normalized spacial score (nSPS) is 15.4. The highest BCUT2D eigenvalue weighted by Crippen LogP contribution is 2.19. The maximum absolute atomic E-state index is 12.5. The second kappa shape index (κ2) is 10.1. The molecule has 0 heterocycles. The Bertz CT molecular complexity index is 593. The number of ether oxygens (including phenoxy) is 2. The molecule has 1 aromatic carbocycles. The van der Waals surface area contributed by atoms with Gasteiger partial charge in [0.2, 0.25) is 0 Å². The van der Waals surface area contributed by atoms with Crippen LogP contribution in [0.4, 0.5) is 0 Å². The van der Waals surface area contributed by atoms with Crippen molar-refractivity contribution in [2.75, 3.05) is 7.11 Å². The predicted molar refractivity (Wildman–Crippen MR) is 106 cm³/mol. The number of carbonyl (C=O) groups excluding carboxylic acids is 1. The number of hydrogen-bond donors (Lipinski definition) is 1. The van der Waals surface area contributed by atoms with Crippen LogP contribution in [-0.4, -0.2) is 28.1 Å². The fourth-order valence-corrected chi connectivity index (χ4v) is 3.28. The zero-order valence-corrected chi connectivity index (χ0v) is 17.8. The quantitative estimate of drug-likeness (QED) is 0.658. The molecular formula is C20H33NO4S. The van der Waals surface area contributed by atoms with Crippen molar-refractivity contribution in [3.63, 3.8) is 0 Å². The number of rotatable bonds is 9. The highest BCUT2D eigenvalue weighted by Gasteiger charge is 2.30. The number of esters is 1. The molecule has 0 aliphatic carbocycles. The molecule has 1 aromatic rings. The van der Waals surface area contributed by atoms with Gasteiger partial charge in [-0.2, -0.15) is 0 Å². The summed E-state index contributed by atoms with van der Waals surface area (Å²) >= 11 is 0. The lowest BCUT2D eigenvalue weighted by atomic mass is 9.94. The molecule has 148 valence electrons. The SMILES string of the molecule is COc1ccc(COC(=O)[C@@H](C)[C@@H](CC(C)C)NS(=O)C(C)(C)C)cc1. The van der Waals surface area contributed by atoms with Gasteiger partial charge < -0.3 is 9.47 Å². The van der Waals surface area contributed by atoms with Crippen molar-refractivity contribution in [2.24, 2.45) is 11.8 Å². The van der Waals surface area contributed by atoms with Crippen LogP contribution in [0.2, 0.25) is 0 Å². The second-order valence-corrected chi connectivity index (χ2v) is 9.98. The standard InChI is InChI=1S/C20H33NO4S/c1-14(2)12-18(21-26(23)20(4,5)6)15(3)19(22)25-13-16-8-10-17(24-7)11-9-16/h8-11,14-15,18,21H,12-13H2,1-7H3/t15-,18+,26?/m0/s1. The molecule has 3 atom stereocenters. The second-order valence-electron chi connectivity index (χ2n) is 7.98. The number of hydrogen-bond acceptors (Lipinski definition) is 4. The van der Waals surface area contributed by atoms with Crippen molar-refractivity contribution in [1.29, 1.82) is 0 Å². The third-order valence-corrected chi connectivity index (χ3v) is 5.68. The Morgan fingerprint density at radius 3 is 2.19 bits per heavy atom. The first-order valence-electron chi connectivity index (χ1n) is 9.02. The van der Waals surface area contributed by atoms with E-state index in [9.17, 15) is 9.00 Å². The molecule has 0 aromatic heterocycles. The van der Waals surface area contributed by atoms with Crippen molar-refractivity contribution >= 4 is 17.0 Å². The zero-order valence-electron chi connectivity index (χ0n) is 17.0. The van der Waals surface area contributed by atoms with Crippen molar-refractivity contribution in [3.8, 4) is 5.75 Å². The summed E-state index contributed by atoms with van der Waals surface area (Å²) in [5.74, 6) is 0.465. The monoisotopic (exact) mass is 383 g/mol. The summed E-state index contributed by atoms with van der Waals surface area (Å²) in [5, 5.41) is 0. The Kier molecular flexibility index (Phi) is 8.77. The lowest BCUT2D eigenvalue weighted by molar-refractivity contribution is -0.150. The third kappa shape index (κ3) is 7.46. The molecule has 6 heteroatoms. The number of benzene rings is 1. The van der Waals surface area contributed by atoms with E-state index in [2.05, 4.69) is 18.6 Å². The number of nitrogens with one attached hydrogen (secondary N) is 1. The highest BCUT2D eigenvalue weighted by molar-refractivity contribution is 7.84. The molecular weight excluding hydrogens is 350 g/mol. The molecule has 5 nitrogen and oxygen atoms in total. The summed E-state index contributed by atoms with van der Waals surface area (Å²) in [6.07, 6.45) is 0.751. The van der Waals surface area contributed by atoms with Gasteiger partial charge in [0.1, 0.15) is 12.4 Å². The van der Waals surface area contributed by atoms with Crippen molar-refractivity contribution in [1.82, 2.24) is 4.72 Å². The van der Waals surface area contributed by atoms with Gasteiger partial charge in [-0.1, -0.05) is 32.9 Å². The minimum atomic E-state index is -1.24. The van der Waals surface area contributed by atoms with Gasteiger partial charge in [-0.05, 0) is 50.8 Å². The van der Waals surface area contributed by atoms with E-state index in [0.717, 1.165) is 17.7 Å². The van der Waals surface area contributed by atoms with Crippen LogP contribution in [0.15, 0.2) is 24.3 Å². The van der Waals surface area contributed by atoms with Crippen molar-refractivity contribution in [2.45, 2.75) is 65.4 Å². The summed E-state index contributed by atoms with van der Waals surface area (Å²) in [6.45, 7) is 12.0. The Labute approximate surface area is 160 Å². The molecule has 0 aliphatic heterocycles. The first-order valence-corrected chi connectivity index (χ1v) is 10.2. The van der Waals surface area contributed by atoms with Crippen molar-refractivity contribution in [3.05, 3.63) is 29.8 Å². The van der Waals surface area contributed by atoms with Crippen LogP contribution >= 0.6 is 0 Å². The average Bonchev–Trinajstić information content (AvgIpc) is 2.57. The molecule has 1 unspecified atom stereocenters. The largest absolute Gasteiger partial charge is 0.497 e. The summed E-state index contributed by atoms with van der Waals surface area (Å²) in [7, 11) is 0.375. The van der Waals surface area contributed by atoms with Crippen LogP contribution in [0, 0.1) is 11.8 Å². The van der Waals surface area contributed by atoms with E-state index >= 15 is 0 Å². The van der Waals surface area contributed by atoms with Crippen LogP contribution in [0.5, 0.6) is 5.75 Å². The molecule has 0 spiro atoms. The van der Waals surface area contributed by atoms with Crippen LogP contribution in [-0.2, 0) is 27.1 Å². The Hall–Kier alpha value is -1.40. The van der Waals surface area contributed by atoms with Crippen LogP contribution in [0.25, 0.3) is 0 Å². The maximum Gasteiger partial charge on any atom is 0.310 e. The fourth-order valence-electron chi connectivity index (χ4n) is 2.35. The Morgan fingerprint density at radius 2 is 1.73 bits per heavy atom. The van der Waals surface area contributed by atoms with E-state index in [0.29, 0.717) is 5.92 Å². The molecule has 0 bridgehead atoms. The van der Waals surface area contributed by atoms with Gasteiger partial charge in [0.25, 0.3) is 0 Å². The predicted octanol–water partition coefficient (Wildman–Crippen LogP) is 3.84. The topological polar surface area (TPSA) is 64.6 Å². The van der Waals surface area contributed by atoms with Crippen LogP contribution < -0.4 is 9.46 Å². The molecule has 0 amide bonds. The van der Waals surface area contributed by atoms with E-state index < -0.39 is 11.0 Å². The molecule has 0 fully saturated rings. The summed E-state index contributed by atoms with van der Waals surface area (Å²) in [4.78, 5) is 12.5. The minimum Gasteiger partial charge on any atom is -0.497 e. The van der Waals surface area contributed by atoms with Crippen molar-refractivity contribution < 1.29 is 18.5 Å². The van der Waals surface area contributed by atoms with Gasteiger partial charge >= 0.3 is 5.97 Å². The van der Waals surface area contributed by atoms with Gasteiger partial charge in [-0.25, -0.2) is 8.93 Å². The average molecular weight is 384 g/mol. The Balaban J connectivity index is 2.70. The molecule has 0 aliphatic rings. The first-order chi connectivity index (χ1) is 12.0. The smallest absolute Gasteiger partial charge is 0.310 e. The molecule has 1 rings (SSSR count). The third-order valence-electron chi connectivity index (χ3n) is 4.06. The fraction of sp³-hybridized carbons (Fsp3) is 0.650. The van der Waals surface area contributed by atoms with E-state index in [1.165, 1.54) is 0 Å². The molecule has 0 saturated carbocycles. The Morgan fingerprint density at radius 1 is 1.15 bits per heavy atom. The van der Waals surface area contributed by atoms with Gasteiger partial charge in [0.15, 0.2) is 0 Å². The summed E-state index contributed by atoms with van der Waals surface area (Å²) in [5.41, 5.74) is 0.901. The van der Waals surface area contributed by atoms with Crippen LogP contribution in [0.1, 0.15) is 53.5 Å². The van der Waals surface area contributed by atoms with E-state index in [-0.39, 0.29) is 29.3 Å². The molecule has 1 N–H and O–H groups in total. The van der Waals surface area contributed by atoms with Crippen LogP contribution in [0.3, 0.4) is 0 Å². The molecule has 26 heavy (non-hydrogen) atoms. The molecule has 0 saturated heterocycles. The number of carbonyl (C=O) groups is 1. The highest BCUT2D eigenvalue weighted by atomic mass is 32.2. The summed E-state index contributed by atoms with van der Waals surface area (Å²) in [6, 6.07) is 7.22. The lowest BCUT2D eigenvalue weighted by Gasteiger charge is -2.28. The first kappa shape index (κ1) is 22.6. The van der Waals surface area contributed by atoms with E-state index in [1.54, 1.807) is 7.11 Å². The summed E-state index contributed by atoms with van der Waals surface area (Å²) < 4.78 is 25.8. The molecule has 0 radical (unpaired) electrons. The lowest BCUT2D eigenvalue weighted by Crippen LogP contribution is -2.45. The maximum atomic E-state index is 12.5.